The number of fused-ring (bicyclic) bond motifs is 3. The fraction of sp³-hybridized carbons (Fsp3) is 0.294. The minimum atomic E-state index is -0.626. The summed E-state index contributed by atoms with van der Waals surface area (Å²) in [5, 5.41) is 4.02. The van der Waals surface area contributed by atoms with Gasteiger partial charge in [0, 0.05) is 10.9 Å². The van der Waals surface area contributed by atoms with Gasteiger partial charge in [0.2, 0.25) is 0 Å². The Morgan fingerprint density at radius 3 is 2.78 bits per heavy atom. The fourth-order valence-electron chi connectivity index (χ4n) is 3.07. The first-order valence-corrected chi connectivity index (χ1v) is 8.44. The van der Waals surface area contributed by atoms with Gasteiger partial charge in [0.15, 0.2) is 0 Å². The lowest BCUT2D eigenvalue weighted by Crippen LogP contribution is -2.03. The lowest BCUT2D eigenvalue weighted by Gasteiger charge is -2.13. The molecule has 0 aliphatic heterocycles. The molecule has 2 aromatic heterocycles. The van der Waals surface area contributed by atoms with Crippen molar-refractivity contribution in [3.63, 3.8) is 0 Å². The monoisotopic (exact) mass is 331 g/mol. The van der Waals surface area contributed by atoms with Crippen molar-refractivity contribution in [2.24, 2.45) is 0 Å². The Bertz CT molecular complexity index is 904. The fourth-order valence-corrected chi connectivity index (χ4v) is 4.38. The summed E-state index contributed by atoms with van der Waals surface area (Å²) in [6.07, 6.45) is 4.42. The van der Waals surface area contributed by atoms with Gasteiger partial charge in [-0.15, -0.1) is 11.3 Å². The van der Waals surface area contributed by atoms with Gasteiger partial charge in [-0.05, 0) is 50.3 Å². The second-order valence-electron chi connectivity index (χ2n) is 5.76. The summed E-state index contributed by atoms with van der Waals surface area (Å²) in [5.41, 5.74) is 1.50. The first-order valence-electron chi connectivity index (χ1n) is 7.63. The molecule has 4 rings (SSSR count). The molecule has 0 radical (unpaired) electrons. The van der Waals surface area contributed by atoms with E-state index in [4.69, 9.17) is 0 Å². The van der Waals surface area contributed by atoms with E-state index < -0.39 is 11.6 Å². The largest absolute Gasteiger partial charge is 0.337 e. The number of nitrogens with one attached hydrogen (secondary N) is 1. The summed E-state index contributed by atoms with van der Waals surface area (Å²) in [5.74, 6) is 0.0296. The van der Waals surface area contributed by atoms with Crippen molar-refractivity contribution in [2.75, 3.05) is 5.32 Å². The average molecular weight is 331 g/mol. The van der Waals surface area contributed by atoms with Gasteiger partial charge in [-0.3, -0.25) is 0 Å². The Morgan fingerprint density at radius 1 is 1.13 bits per heavy atom. The van der Waals surface area contributed by atoms with E-state index in [1.54, 1.807) is 11.3 Å². The maximum absolute atomic E-state index is 14.0. The molecule has 0 amide bonds. The predicted molar refractivity (Wildman–Crippen MR) is 88.4 cm³/mol. The molecule has 0 saturated carbocycles. The molecular formula is C17H15F2N3S. The van der Waals surface area contributed by atoms with E-state index in [1.165, 1.54) is 29.0 Å². The predicted octanol–water partition coefficient (Wildman–Crippen LogP) is 4.90. The Balaban J connectivity index is 1.87. The van der Waals surface area contributed by atoms with Crippen LogP contribution in [0.5, 0.6) is 0 Å². The highest BCUT2D eigenvalue weighted by molar-refractivity contribution is 7.19. The highest BCUT2D eigenvalue weighted by Gasteiger charge is 2.21. The maximum atomic E-state index is 14.0. The molecule has 0 unspecified atom stereocenters. The number of anilines is 2. The minimum absolute atomic E-state index is 0.224. The van der Waals surface area contributed by atoms with Crippen molar-refractivity contribution in [3.05, 3.63) is 46.1 Å². The third kappa shape index (κ3) is 2.57. The van der Waals surface area contributed by atoms with Gasteiger partial charge in [0.05, 0.1) is 11.1 Å². The normalized spacial score (nSPS) is 14.0. The van der Waals surface area contributed by atoms with E-state index in [0.29, 0.717) is 11.6 Å². The molecule has 0 atom stereocenters. The molecule has 1 aliphatic carbocycles. The number of hydrogen-bond donors (Lipinski definition) is 1. The molecule has 118 valence electrons. The zero-order chi connectivity index (χ0) is 16.0. The van der Waals surface area contributed by atoms with Crippen molar-refractivity contribution in [2.45, 2.75) is 32.6 Å². The number of rotatable bonds is 2. The summed E-state index contributed by atoms with van der Waals surface area (Å²) < 4.78 is 27.0. The van der Waals surface area contributed by atoms with Crippen molar-refractivity contribution in [3.8, 4) is 0 Å². The van der Waals surface area contributed by atoms with Gasteiger partial charge in [-0.1, -0.05) is 0 Å². The first kappa shape index (κ1) is 14.5. The molecule has 3 aromatic rings. The number of thiophene rings is 1. The van der Waals surface area contributed by atoms with Gasteiger partial charge in [-0.25, -0.2) is 18.7 Å². The highest BCUT2D eigenvalue weighted by Crippen LogP contribution is 2.39. The number of hydrogen-bond acceptors (Lipinski definition) is 4. The van der Waals surface area contributed by atoms with Gasteiger partial charge in [0.25, 0.3) is 0 Å². The van der Waals surface area contributed by atoms with Crippen molar-refractivity contribution < 1.29 is 8.78 Å². The molecular weight excluding hydrogens is 316 g/mol. The average Bonchev–Trinajstić information content (AvgIpc) is 2.88. The topological polar surface area (TPSA) is 37.8 Å². The van der Waals surface area contributed by atoms with E-state index >= 15 is 0 Å². The van der Waals surface area contributed by atoms with Gasteiger partial charge in [0.1, 0.15) is 28.1 Å². The molecule has 6 heteroatoms. The SMILES string of the molecule is Cc1nc(Nc2ccc(F)cc2F)c2c3c(sc2n1)CCCC3. The van der Waals surface area contributed by atoms with Gasteiger partial charge < -0.3 is 5.32 Å². The summed E-state index contributed by atoms with van der Waals surface area (Å²) in [6, 6.07) is 3.50. The highest BCUT2D eigenvalue weighted by atomic mass is 32.1. The van der Waals surface area contributed by atoms with Crippen LogP contribution in [-0.4, -0.2) is 9.97 Å². The minimum Gasteiger partial charge on any atom is -0.337 e. The lowest BCUT2D eigenvalue weighted by atomic mass is 9.97. The van der Waals surface area contributed by atoms with Crippen LogP contribution < -0.4 is 5.32 Å². The van der Waals surface area contributed by atoms with Crippen LogP contribution in [0.4, 0.5) is 20.3 Å². The molecule has 0 bridgehead atoms. The zero-order valence-electron chi connectivity index (χ0n) is 12.6. The van der Waals surface area contributed by atoms with Crippen molar-refractivity contribution in [1.82, 2.24) is 9.97 Å². The van der Waals surface area contributed by atoms with Gasteiger partial charge >= 0.3 is 0 Å². The van der Waals surface area contributed by atoms with E-state index in [1.807, 2.05) is 6.92 Å². The lowest BCUT2D eigenvalue weighted by molar-refractivity contribution is 0.586. The second kappa shape index (κ2) is 5.53. The number of nitrogens with zero attached hydrogens (tertiary/aromatic N) is 2. The zero-order valence-corrected chi connectivity index (χ0v) is 13.4. The molecule has 2 heterocycles. The van der Waals surface area contributed by atoms with Crippen LogP contribution >= 0.6 is 11.3 Å². The number of aromatic nitrogens is 2. The Kier molecular flexibility index (Phi) is 3.49. The second-order valence-corrected chi connectivity index (χ2v) is 6.84. The first-order chi connectivity index (χ1) is 11.1. The molecule has 0 fully saturated rings. The summed E-state index contributed by atoms with van der Waals surface area (Å²) in [6.45, 7) is 1.82. The summed E-state index contributed by atoms with van der Waals surface area (Å²) >= 11 is 1.70. The molecule has 3 nitrogen and oxygen atoms in total. The quantitative estimate of drug-likeness (QED) is 0.726. The smallest absolute Gasteiger partial charge is 0.149 e. The summed E-state index contributed by atoms with van der Waals surface area (Å²) in [7, 11) is 0. The van der Waals surface area contributed by atoms with E-state index in [-0.39, 0.29) is 5.69 Å². The molecule has 0 spiro atoms. The van der Waals surface area contributed by atoms with E-state index in [2.05, 4.69) is 15.3 Å². The molecule has 0 saturated heterocycles. The van der Waals surface area contributed by atoms with Crippen LogP contribution in [-0.2, 0) is 12.8 Å². The molecule has 23 heavy (non-hydrogen) atoms. The maximum Gasteiger partial charge on any atom is 0.149 e. The van der Waals surface area contributed by atoms with Gasteiger partial charge in [-0.2, -0.15) is 0 Å². The van der Waals surface area contributed by atoms with Crippen LogP contribution in [0, 0.1) is 18.6 Å². The summed E-state index contributed by atoms with van der Waals surface area (Å²) in [4.78, 5) is 11.3. The van der Waals surface area contributed by atoms with Crippen LogP contribution in [0.25, 0.3) is 10.2 Å². The molecule has 1 N–H and O–H groups in total. The standard InChI is InChI=1S/C17H15F2N3S/c1-9-20-16(22-13-7-6-10(18)8-12(13)19)15-11-4-2-3-5-14(11)23-17(15)21-9/h6-8H,2-5H2,1H3,(H,20,21,22). The van der Waals surface area contributed by atoms with Crippen LogP contribution in [0.1, 0.15) is 29.1 Å². The van der Waals surface area contributed by atoms with Crippen molar-refractivity contribution in [1.29, 1.82) is 0 Å². The number of aryl methyl sites for hydroxylation is 3. The Morgan fingerprint density at radius 2 is 1.96 bits per heavy atom. The Hall–Kier alpha value is -2.08. The van der Waals surface area contributed by atoms with Crippen LogP contribution in [0.2, 0.25) is 0 Å². The van der Waals surface area contributed by atoms with Crippen LogP contribution in [0.15, 0.2) is 18.2 Å². The molecule has 1 aliphatic rings. The van der Waals surface area contributed by atoms with Crippen molar-refractivity contribution >= 4 is 33.1 Å². The number of benzene rings is 1. The van der Waals surface area contributed by atoms with E-state index in [9.17, 15) is 8.78 Å². The number of halogens is 2. The third-order valence-electron chi connectivity index (χ3n) is 4.11. The Labute approximate surface area is 136 Å². The van der Waals surface area contributed by atoms with Crippen LogP contribution in [0.3, 0.4) is 0 Å². The molecule has 1 aromatic carbocycles. The van der Waals surface area contributed by atoms with E-state index in [0.717, 1.165) is 35.5 Å². The third-order valence-corrected chi connectivity index (χ3v) is 5.30.